The van der Waals surface area contributed by atoms with Gasteiger partial charge in [-0.2, -0.15) is 0 Å². The van der Waals surface area contributed by atoms with Gasteiger partial charge < -0.3 is 20.1 Å². The first-order valence-electron chi connectivity index (χ1n) is 8.88. The van der Waals surface area contributed by atoms with E-state index in [1.54, 1.807) is 30.3 Å². The van der Waals surface area contributed by atoms with Crippen LogP contribution < -0.4 is 20.1 Å². The number of pyridine rings is 1. The molecule has 148 valence electrons. The van der Waals surface area contributed by atoms with E-state index in [1.807, 2.05) is 19.1 Å². The summed E-state index contributed by atoms with van der Waals surface area (Å²) in [6.07, 6.45) is 1.42. The van der Waals surface area contributed by atoms with Crippen LogP contribution in [0.3, 0.4) is 0 Å². The number of nitrogens with zero attached hydrogens (tertiary/aromatic N) is 1. The third kappa shape index (κ3) is 4.70. The van der Waals surface area contributed by atoms with Crippen molar-refractivity contribution in [1.82, 2.24) is 4.98 Å². The second kappa shape index (κ2) is 8.88. The molecular formula is C22H21N3O4. The minimum absolute atomic E-state index is 0.112. The topological polar surface area (TPSA) is 89.5 Å². The van der Waals surface area contributed by atoms with E-state index in [0.717, 1.165) is 5.56 Å². The Labute approximate surface area is 168 Å². The Bertz CT molecular complexity index is 1050. The molecule has 3 aromatic rings. The second-order valence-corrected chi connectivity index (χ2v) is 6.24. The molecule has 0 saturated carbocycles. The molecule has 0 atom stereocenters. The highest BCUT2D eigenvalue weighted by atomic mass is 16.5. The monoisotopic (exact) mass is 391 g/mol. The number of aromatic nitrogens is 1. The molecule has 1 aromatic heterocycles. The summed E-state index contributed by atoms with van der Waals surface area (Å²) in [5.41, 5.74) is 2.45. The molecule has 3 rings (SSSR count). The Kier molecular flexibility index (Phi) is 6.09. The number of rotatable bonds is 6. The maximum atomic E-state index is 12.6. The van der Waals surface area contributed by atoms with E-state index in [0.29, 0.717) is 28.4 Å². The van der Waals surface area contributed by atoms with Crippen molar-refractivity contribution in [2.45, 2.75) is 6.92 Å². The van der Waals surface area contributed by atoms with Crippen LogP contribution in [0.5, 0.6) is 11.5 Å². The highest BCUT2D eigenvalue weighted by molar-refractivity contribution is 6.08. The van der Waals surface area contributed by atoms with Crippen LogP contribution in [0.15, 0.2) is 60.8 Å². The van der Waals surface area contributed by atoms with Crippen LogP contribution >= 0.6 is 0 Å². The van der Waals surface area contributed by atoms with Crippen molar-refractivity contribution in [3.8, 4) is 11.5 Å². The van der Waals surface area contributed by atoms with E-state index in [2.05, 4.69) is 15.6 Å². The molecule has 7 nitrogen and oxygen atoms in total. The van der Waals surface area contributed by atoms with Crippen molar-refractivity contribution in [2.24, 2.45) is 0 Å². The largest absolute Gasteiger partial charge is 0.495 e. The number of hydrogen-bond donors (Lipinski definition) is 2. The number of hydrogen-bond acceptors (Lipinski definition) is 5. The Morgan fingerprint density at radius 3 is 2.28 bits per heavy atom. The Hall–Kier alpha value is -3.87. The number of carbonyl (C=O) groups is 2. The zero-order valence-corrected chi connectivity index (χ0v) is 16.4. The molecule has 0 bridgehead atoms. The third-order valence-corrected chi connectivity index (χ3v) is 4.21. The maximum Gasteiger partial charge on any atom is 0.274 e. The van der Waals surface area contributed by atoms with E-state index in [-0.39, 0.29) is 11.6 Å². The summed E-state index contributed by atoms with van der Waals surface area (Å²) >= 11 is 0. The van der Waals surface area contributed by atoms with Gasteiger partial charge in [0.2, 0.25) is 0 Å². The van der Waals surface area contributed by atoms with Gasteiger partial charge in [-0.15, -0.1) is 0 Å². The molecule has 0 aliphatic rings. The molecule has 7 heteroatoms. The molecule has 2 amide bonds. The number of nitrogens with one attached hydrogen (secondary N) is 2. The summed E-state index contributed by atoms with van der Waals surface area (Å²) in [5.74, 6) is 0.258. The highest BCUT2D eigenvalue weighted by Gasteiger charge is 2.15. The smallest absolute Gasteiger partial charge is 0.274 e. The van der Waals surface area contributed by atoms with Gasteiger partial charge in [0.15, 0.2) is 0 Å². The predicted molar refractivity (Wildman–Crippen MR) is 111 cm³/mol. The molecule has 2 aromatic carbocycles. The van der Waals surface area contributed by atoms with Crippen molar-refractivity contribution >= 4 is 23.2 Å². The van der Waals surface area contributed by atoms with Crippen LogP contribution in [0.1, 0.15) is 26.4 Å². The van der Waals surface area contributed by atoms with Gasteiger partial charge in [-0.1, -0.05) is 18.2 Å². The number of ether oxygens (including phenoxy) is 2. The summed E-state index contributed by atoms with van der Waals surface area (Å²) in [7, 11) is 3.06. The van der Waals surface area contributed by atoms with Gasteiger partial charge in [0.25, 0.3) is 11.8 Å². The van der Waals surface area contributed by atoms with Gasteiger partial charge in [0, 0.05) is 11.8 Å². The number of carbonyl (C=O) groups excluding carboxylic acids is 2. The average molecular weight is 391 g/mol. The summed E-state index contributed by atoms with van der Waals surface area (Å²) in [5, 5.41) is 5.55. The lowest BCUT2D eigenvalue weighted by Crippen LogP contribution is -2.17. The van der Waals surface area contributed by atoms with E-state index in [1.165, 1.54) is 32.5 Å². The third-order valence-electron chi connectivity index (χ3n) is 4.21. The summed E-state index contributed by atoms with van der Waals surface area (Å²) in [6, 6.07) is 15.5. The van der Waals surface area contributed by atoms with Crippen LogP contribution in [-0.2, 0) is 0 Å². The number of para-hydroxylation sites is 2. The van der Waals surface area contributed by atoms with Gasteiger partial charge in [0.1, 0.15) is 17.2 Å². The minimum Gasteiger partial charge on any atom is -0.495 e. The van der Waals surface area contributed by atoms with Crippen molar-refractivity contribution < 1.29 is 19.1 Å². The summed E-state index contributed by atoms with van der Waals surface area (Å²) < 4.78 is 10.5. The molecule has 29 heavy (non-hydrogen) atoms. The number of amides is 2. The van der Waals surface area contributed by atoms with Crippen molar-refractivity contribution in [2.75, 3.05) is 24.9 Å². The number of anilines is 2. The molecule has 1 heterocycles. The van der Waals surface area contributed by atoms with E-state index >= 15 is 0 Å². The fraction of sp³-hybridized carbons (Fsp3) is 0.136. The molecule has 0 aliphatic carbocycles. The first kappa shape index (κ1) is 19.9. The normalized spacial score (nSPS) is 10.2. The van der Waals surface area contributed by atoms with Crippen LogP contribution in [0, 0.1) is 6.92 Å². The lowest BCUT2D eigenvalue weighted by molar-refractivity contribution is 0.102. The summed E-state index contributed by atoms with van der Waals surface area (Å²) in [6.45, 7) is 1.91. The predicted octanol–water partition coefficient (Wildman–Crippen LogP) is 3.91. The maximum absolute atomic E-state index is 12.6. The lowest BCUT2D eigenvalue weighted by atomic mass is 10.1. The van der Waals surface area contributed by atoms with Gasteiger partial charge in [-0.3, -0.25) is 14.6 Å². The average Bonchev–Trinajstić information content (AvgIpc) is 2.74. The molecule has 0 fully saturated rings. The standard InChI is InChI=1S/C22H21N3O4/c1-14-8-9-20(29-3)17(12-14)25-22(27)18-13-15(10-11-23-18)21(26)24-16-6-4-5-7-19(16)28-2/h4-13H,1-3H3,(H,24,26)(H,25,27). The number of aryl methyl sites for hydroxylation is 1. The Balaban J connectivity index is 1.79. The molecular weight excluding hydrogens is 370 g/mol. The molecule has 0 unspecified atom stereocenters. The van der Waals surface area contributed by atoms with Crippen LogP contribution in [0.25, 0.3) is 0 Å². The molecule has 0 saturated heterocycles. The molecule has 0 aliphatic heterocycles. The lowest BCUT2D eigenvalue weighted by Gasteiger charge is -2.12. The Morgan fingerprint density at radius 1 is 0.828 bits per heavy atom. The zero-order valence-electron chi connectivity index (χ0n) is 16.4. The van der Waals surface area contributed by atoms with Crippen molar-refractivity contribution in [1.29, 1.82) is 0 Å². The Morgan fingerprint density at radius 2 is 1.52 bits per heavy atom. The molecule has 0 radical (unpaired) electrons. The highest BCUT2D eigenvalue weighted by Crippen LogP contribution is 2.26. The van der Waals surface area contributed by atoms with Gasteiger partial charge in [0.05, 0.1) is 25.6 Å². The first-order valence-corrected chi connectivity index (χ1v) is 8.88. The zero-order chi connectivity index (χ0) is 20.8. The van der Waals surface area contributed by atoms with Crippen LogP contribution in [0.4, 0.5) is 11.4 Å². The van der Waals surface area contributed by atoms with Crippen molar-refractivity contribution in [3.05, 3.63) is 77.6 Å². The molecule has 2 N–H and O–H groups in total. The van der Waals surface area contributed by atoms with Crippen molar-refractivity contribution in [3.63, 3.8) is 0 Å². The van der Waals surface area contributed by atoms with E-state index in [4.69, 9.17) is 9.47 Å². The molecule has 0 spiro atoms. The van der Waals surface area contributed by atoms with Gasteiger partial charge >= 0.3 is 0 Å². The minimum atomic E-state index is -0.444. The van der Waals surface area contributed by atoms with Crippen LogP contribution in [-0.4, -0.2) is 31.0 Å². The summed E-state index contributed by atoms with van der Waals surface area (Å²) in [4.78, 5) is 29.3. The van der Waals surface area contributed by atoms with E-state index in [9.17, 15) is 9.59 Å². The van der Waals surface area contributed by atoms with Crippen LogP contribution in [0.2, 0.25) is 0 Å². The van der Waals surface area contributed by atoms with Gasteiger partial charge in [-0.25, -0.2) is 0 Å². The number of methoxy groups -OCH3 is 2. The fourth-order valence-electron chi connectivity index (χ4n) is 2.74. The quantitative estimate of drug-likeness (QED) is 0.665. The van der Waals surface area contributed by atoms with Gasteiger partial charge in [-0.05, 0) is 48.9 Å². The fourth-order valence-corrected chi connectivity index (χ4v) is 2.74. The first-order chi connectivity index (χ1) is 14.0. The van der Waals surface area contributed by atoms with E-state index < -0.39 is 5.91 Å². The second-order valence-electron chi connectivity index (χ2n) is 6.24. The SMILES string of the molecule is COc1ccccc1NC(=O)c1ccnc(C(=O)Nc2cc(C)ccc2OC)c1. The number of benzene rings is 2.